The smallest absolute Gasteiger partial charge is 0.490 e. The summed E-state index contributed by atoms with van der Waals surface area (Å²) in [4.78, 5) is 12.0. The van der Waals surface area contributed by atoms with E-state index in [9.17, 15) is 27.7 Å². The number of hydrogen-bond acceptors (Lipinski definition) is 5. The van der Waals surface area contributed by atoms with E-state index in [4.69, 9.17) is 16.3 Å². The molecule has 1 aliphatic heterocycles. The van der Waals surface area contributed by atoms with Crippen molar-refractivity contribution in [2.75, 3.05) is 25.1 Å². The molecular weight excluding hydrogens is 432 g/mol. The van der Waals surface area contributed by atoms with E-state index in [2.05, 4.69) is 4.74 Å². The van der Waals surface area contributed by atoms with Crippen LogP contribution >= 0.6 is 11.6 Å². The van der Waals surface area contributed by atoms with Crippen LogP contribution in [-0.2, 0) is 0 Å². The zero-order valence-electron chi connectivity index (χ0n) is 15.7. The van der Waals surface area contributed by atoms with Gasteiger partial charge in [-0.25, -0.2) is 4.39 Å². The highest BCUT2D eigenvalue weighted by molar-refractivity contribution is 6.32. The summed E-state index contributed by atoms with van der Waals surface area (Å²) in [5.74, 6) is -1.33. The summed E-state index contributed by atoms with van der Waals surface area (Å²) in [6, 6.07) is 6.36. The predicted molar refractivity (Wildman–Crippen MR) is 102 cm³/mol. The largest absolute Gasteiger partial charge is 0.573 e. The number of rotatable bonds is 5. The van der Waals surface area contributed by atoms with E-state index in [0.29, 0.717) is 31.5 Å². The van der Waals surface area contributed by atoms with Crippen LogP contribution in [0.2, 0.25) is 5.02 Å². The maximum absolute atomic E-state index is 14.4. The number of nitrogens with zero attached hydrogens (tertiary/aromatic N) is 2. The number of halogens is 5. The van der Waals surface area contributed by atoms with Gasteiger partial charge in [0.25, 0.3) is 0 Å². The average Bonchev–Trinajstić information content (AvgIpc) is 2.68. The van der Waals surface area contributed by atoms with Crippen molar-refractivity contribution in [2.24, 2.45) is 0 Å². The van der Waals surface area contributed by atoms with E-state index in [1.54, 1.807) is 11.0 Å². The van der Waals surface area contributed by atoms with Gasteiger partial charge in [0.05, 0.1) is 28.8 Å². The molecule has 6 nitrogen and oxygen atoms in total. The van der Waals surface area contributed by atoms with Crippen molar-refractivity contribution in [1.82, 2.24) is 0 Å². The van der Waals surface area contributed by atoms with Crippen LogP contribution in [0.5, 0.6) is 11.5 Å². The molecule has 3 rings (SSSR count). The first-order chi connectivity index (χ1) is 14.1. The lowest BCUT2D eigenvalue weighted by Gasteiger charge is -2.34. The Bertz CT molecular complexity index is 947. The van der Waals surface area contributed by atoms with Gasteiger partial charge in [-0.05, 0) is 36.5 Å². The third-order valence-corrected chi connectivity index (χ3v) is 5.25. The molecule has 30 heavy (non-hydrogen) atoms. The van der Waals surface area contributed by atoms with Gasteiger partial charge in [0, 0.05) is 19.2 Å². The van der Waals surface area contributed by atoms with Crippen LogP contribution in [0.3, 0.4) is 0 Å². The molecule has 162 valence electrons. The zero-order chi connectivity index (χ0) is 22.1. The Hall–Kier alpha value is -2.75. The molecule has 0 N–H and O–H groups in total. The van der Waals surface area contributed by atoms with Crippen molar-refractivity contribution in [3.63, 3.8) is 0 Å². The standard InChI is InChI=1S/C19H17ClF4N2O4/c1-29-18-10-15(14(21)9-16(18)26(27)28)25-6-4-11(5-7-25)12-2-3-13(20)17(8-12)30-19(22,23)24/h2-3,8-11H,4-7H2,1H3. The minimum absolute atomic E-state index is 0.0508. The van der Waals surface area contributed by atoms with Crippen molar-refractivity contribution in [2.45, 2.75) is 25.1 Å². The van der Waals surface area contributed by atoms with Crippen molar-refractivity contribution >= 4 is 23.0 Å². The quantitative estimate of drug-likeness (QED) is 0.334. The molecule has 0 bridgehead atoms. The third-order valence-electron chi connectivity index (χ3n) is 4.93. The number of methoxy groups -OCH3 is 1. The van der Waals surface area contributed by atoms with Crippen LogP contribution < -0.4 is 14.4 Å². The molecule has 11 heteroatoms. The monoisotopic (exact) mass is 448 g/mol. The molecule has 2 aromatic rings. The van der Waals surface area contributed by atoms with E-state index in [1.165, 1.54) is 25.3 Å². The lowest BCUT2D eigenvalue weighted by molar-refractivity contribution is -0.385. The molecule has 0 aliphatic carbocycles. The molecule has 0 spiro atoms. The number of nitro groups is 1. The van der Waals surface area contributed by atoms with E-state index in [0.717, 1.165) is 6.07 Å². The average molecular weight is 449 g/mol. The number of ether oxygens (including phenoxy) is 2. The lowest BCUT2D eigenvalue weighted by atomic mass is 9.89. The van der Waals surface area contributed by atoms with Gasteiger partial charge >= 0.3 is 12.0 Å². The minimum atomic E-state index is -4.85. The Labute approximate surface area is 174 Å². The Morgan fingerprint density at radius 1 is 1.17 bits per heavy atom. The third kappa shape index (κ3) is 4.86. The Morgan fingerprint density at radius 2 is 1.83 bits per heavy atom. The molecular formula is C19H17ClF4N2O4. The molecule has 0 aromatic heterocycles. The molecule has 1 heterocycles. The second kappa shape index (κ2) is 8.55. The SMILES string of the molecule is COc1cc(N2CCC(c3ccc(Cl)c(OC(F)(F)F)c3)CC2)c(F)cc1[N+](=O)[O-]. The molecule has 0 radical (unpaired) electrons. The first-order valence-electron chi connectivity index (χ1n) is 8.91. The van der Waals surface area contributed by atoms with Gasteiger partial charge in [-0.3, -0.25) is 10.1 Å². The Morgan fingerprint density at radius 3 is 2.40 bits per heavy atom. The van der Waals surface area contributed by atoms with Gasteiger partial charge in [-0.2, -0.15) is 0 Å². The molecule has 0 amide bonds. The molecule has 2 aromatic carbocycles. The summed E-state index contributed by atoms with van der Waals surface area (Å²) in [5.41, 5.74) is 0.347. The van der Waals surface area contributed by atoms with Crippen LogP contribution in [0, 0.1) is 15.9 Å². The summed E-state index contributed by atoms with van der Waals surface area (Å²) in [7, 11) is 1.26. The maximum Gasteiger partial charge on any atom is 0.573 e. The fourth-order valence-corrected chi connectivity index (χ4v) is 3.67. The predicted octanol–water partition coefficient (Wildman–Crippen LogP) is 5.68. The van der Waals surface area contributed by atoms with Crippen LogP contribution in [0.15, 0.2) is 30.3 Å². The summed E-state index contributed by atoms with van der Waals surface area (Å²) >= 11 is 5.79. The topological polar surface area (TPSA) is 64.8 Å². The van der Waals surface area contributed by atoms with Gasteiger partial charge in [-0.1, -0.05) is 17.7 Å². The summed E-state index contributed by atoms with van der Waals surface area (Å²) < 4.78 is 61.0. The van der Waals surface area contributed by atoms with Crippen molar-refractivity contribution in [1.29, 1.82) is 0 Å². The lowest BCUT2D eigenvalue weighted by Crippen LogP contribution is -2.33. The highest BCUT2D eigenvalue weighted by atomic mass is 35.5. The van der Waals surface area contributed by atoms with Gasteiger partial charge in [0.1, 0.15) is 5.75 Å². The summed E-state index contributed by atoms with van der Waals surface area (Å²) in [6.45, 7) is 0.807. The summed E-state index contributed by atoms with van der Waals surface area (Å²) in [5, 5.41) is 10.9. The Kier molecular flexibility index (Phi) is 6.25. The molecule has 0 saturated carbocycles. The molecule has 0 unspecified atom stereocenters. The van der Waals surface area contributed by atoms with Gasteiger partial charge < -0.3 is 14.4 Å². The highest BCUT2D eigenvalue weighted by Gasteiger charge is 2.33. The number of hydrogen-bond donors (Lipinski definition) is 0. The zero-order valence-corrected chi connectivity index (χ0v) is 16.5. The van der Waals surface area contributed by atoms with Crippen LogP contribution in [0.1, 0.15) is 24.3 Å². The Balaban J connectivity index is 1.76. The fraction of sp³-hybridized carbons (Fsp3) is 0.368. The van der Waals surface area contributed by atoms with Crippen LogP contribution in [-0.4, -0.2) is 31.5 Å². The van der Waals surface area contributed by atoms with E-state index >= 15 is 0 Å². The first-order valence-corrected chi connectivity index (χ1v) is 9.29. The second-order valence-corrected chi connectivity index (χ2v) is 7.14. The summed E-state index contributed by atoms with van der Waals surface area (Å²) in [6.07, 6.45) is -3.78. The highest BCUT2D eigenvalue weighted by Crippen LogP contribution is 2.39. The van der Waals surface area contributed by atoms with E-state index in [1.807, 2.05) is 0 Å². The first kappa shape index (κ1) is 21.9. The van der Waals surface area contributed by atoms with Gasteiger partial charge in [0.15, 0.2) is 11.6 Å². The van der Waals surface area contributed by atoms with Crippen molar-refractivity contribution in [3.05, 3.63) is 56.8 Å². The fourth-order valence-electron chi connectivity index (χ4n) is 3.51. The normalized spacial score (nSPS) is 15.2. The van der Waals surface area contributed by atoms with E-state index < -0.39 is 28.5 Å². The minimum Gasteiger partial charge on any atom is -0.490 e. The van der Waals surface area contributed by atoms with E-state index in [-0.39, 0.29) is 22.4 Å². The van der Waals surface area contributed by atoms with Crippen molar-refractivity contribution in [3.8, 4) is 11.5 Å². The second-order valence-electron chi connectivity index (χ2n) is 6.73. The number of anilines is 1. The van der Waals surface area contributed by atoms with Crippen LogP contribution in [0.4, 0.5) is 28.9 Å². The maximum atomic E-state index is 14.4. The molecule has 0 atom stereocenters. The number of nitro benzene ring substituents is 1. The molecule has 1 fully saturated rings. The van der Waals surface area contributed by atoms with Gasteiger partial charge in [0.2, 0.25) is 0 Å². The number of benzene rings is 2. The number of piperidine rings is 1. The molecule has 1 aliphatic rings. The van der Waals surface area contributed by atoms with Crippen LogP contribution in [0.25, 0.3) is 0 Å². The van der Waals surface area contributed by atoms with Gasteiger partial charge in [-0.15, -0.1) is 13.2 Å². The van der Waals surface area contributed by atoms with Crippen molar-refractivity contribution < 1.29 is 32.0 Å². The molecule has 1 saturated heterocycles. The number of alkyl halides is 3.